The molecule has 2 aromatic heterocycles. The maximum Gasteiger partial charge on any atom is 0.253 e. The number of hydrogen-bond donors (Lipinski definition) is 3. The molecule has 2 aromatic carbocycles. The Morgan fingerprint density at radius 1 is 0.943 bits per heavy atom. The fraction of sp³-hybridized carbons (Fsp3) is 0.528. The Morgan fingerprint density at radius 3 is 2.24 bits per heavy atom. The second kappa shape index (κ2) is 20.3. The third kappa shape index (κ3) is 10.5. The number of amides is 4. The molecule has 1 saturated carbocycles. The summed E-state index contributed by atoms with van der Waals surface area (Å²) in [5, 5.41) is 19.1. The molecule has 17 heteroatoms. The molecule has 0 unspecified atom stereocenters. The summed E-state index contributed by atoms with van der Waals surface area (Å²) in [6, 6.07) is 17.5. The highest BCUT2D eigenvalue weighted by Crippen LogP contribution is 2.55. The summed E-state index contributed by atoms with van der Waals surface area (Å²) in [5.41, 5.74) is 4.43. The van der Waals surface area contributed by atoms with Crippen molar-refractivity contribution >= 4 is 52.4 Å². The number of piperazine rings is 1. The normalized spacial score (nSPS) is 22.2. The summed E-state index contributed by atoms with van der Waals surface area (Å²) in [6.45, 7) is 23.6. The minimum absolute atomic E-state index is 0.167. The Balaban J connectivity index is 0.768. The van der Waals surface area contributed by atoms with Crippen molar-refractivity contribution in [3.05, 3.63) is 93.7 Å². The van der Waals surface area contributed by atoms with Gasteiger partial charge in [-0.2, -0.15) is 5.26 Å². The Bertz CT molecular complexity index is 2590. The van der Waals surface area contributed by atoms with Crippen LogP contribution in [0.4, 0.5) is 5.82 Å². The van der Waals surface area contributed by atoms with Crippen LogP contribution >= 0.6 is 22.9 Å². The predicted octanol–water partition coefficient (Wildman–Crippen LogP) is 6.86. The summed E-state index contributed by atoms with van der Waals surface area (Å²) in [7, 11) is 0. The number of rotatable bonds is 14. The van der Waals surface area contributed by atoms with Crippen molar-refractivity contribution in [3.63, 3.8) is 0 Å². The van der Waals surface area contributed by atoms with Crippen LogP contribution in [0.1, 0.15) is 101 Å². The SMILES string of the molecule is Cc1ncsc1-c1ccc([C@H](C)NC(=O)[C@@H]2CCCN2C(=O)[C@@H](NC(=O)CN2CC(N3CCN(c4ccc(C(=O)N[C@H]5C(C)(C)[C@H](Oc6ccc(C#N)c(Cl)c6)C5(C)C)cn4)CC3)C2)C(C)(C)C)cc1. The van der Waals surface area contributed by atoms with Gasteiger partial charge in [-0.15, -0.1) is 11.3 Å². The van der Waals surface area contributed by atoms with Crippen LogP contribution in [0.2, 0.25) is 5.02 Å². The lowest BCUT2D eigenvalue weighted by Crippen LogP contribution is -2.74. The van der Waals surface area contributed by atoms with Crippen LogP contribution in [0.15, 0.2) is 66.3 Å². The molecule has 372 valence electrons. The molecule has 70 heavy (non-hydrogen) atoms. The summed E-state index contributed by atoms with van der Waals surface area (Å²) >= 11 is 7.87. The van der Waals surface area contributed by atoms with E-state index in [4.69, 9.17) is 21.3 Å². The van der Waals surface area contributed by atoms with Crippen molar-refractivity contribution in [1.29, 1.82) is 5.26 Å². The van der Waals surface area contributed by atoms with Gasteiger partial charge >= 0.3 is 0 Å². The van der Waals surface area contributed by atoms with E-state index < -0.39 is 17.5 Å². The van der Waals surface area contributed by atoms with Gasteiger partial charge in [-0.05, 0) is 67.5 Å². The molecule has 0 spiro atoms. The molecule has 4 fully saturated rings. The van der Waals surface area contributed by atoms with Gasteiger partial charge in [-0.1, -0.05) is 84.3 Å². The Morgan fingerprint density at radius 2 is 1.64 bits per heavy atom. The number of ether oxygens (including phenoxy) is 1. The van der Waals surface area contributed by atoms with Crippen molar-refractivity contribution in [3.8, 4) is 22.3 Å². The quantitative estimate of drug-likeness (QED) is 0.120. The monoisotopic (exact) mass is 990 g/mol. The van der Waals surface area contributed by atoms with Crippen molar-refractivity contribution in [2.24, 2.45) is 16.2 Å². The maximum absolute atomic E-state index is 14.2. The zero-order chi connectivity index (χ0) is 50.3. The van der Waals surface area contributed by atoms with Gasteiger partial charge in [0, 0.05) is 81.0 Å². The number of aryl methyl sites for hydroxylation is 1. The molecule has 1 aliphatic carbocycles. The van der Waals surface area contributed by atoms with E-state index in [1.54, 1.807) is 40.6 Å². The van der Waals surface area contributed by atoms with E-state index in [2.05, 4.69) is 81.5 Å². The summed E-state index contributed by atoms with van der Waals surface area (Å²) in [6.07, 6.45) is 2.72. The first-order valence-corrected chi connectivity index (χ1v) is 25.7. The number of carbonyl (C=O) groups is 4. The molecular weight excluding hydrogens is 924 g/mol. The van der Waals surface area contributed by atoms with Gasteiger partial charge in [0.15, 0.2) is 0 Å². The lowest BCUT2D eigenvalue weighted by Gasteiger charge is -2.63. The molecule has 4 aliphatic rings. The van der Waals surface area contributed by atoms with Crippen LogP contribution in [0.3, 0.4) is 0 Å². The van der Waals surface area contributed by atoms with Crippen LogP contribution in [-0.4, -0.2) is 131 Å². The summed E-state index contributed by atoms with van der Waals surface area (Å²) in [4.78, 5) is 73.7. The van der Waals surface area contributed by atoms with Gasteiger partial charge in [0.05, 0.1) is 44.8 Å². The number of thiazole rings is 1. The largest absolute Gasteiger partial charge is 0.489 e. The van der Waals surface area contributed by atoms with Crippen LogP contribution in [-0.2, 0) is 14.4 Å². The number of benzene rings is 2. The van der Waals surface area contributed by atoms with Crippen LogP contribution in [0.5, 0.6) is 5.75 Å². The third-order valence-corrected chi connectivity index (χ3v) is 16.2. The molecule has 3 atom stereocenters. The Labute approximate surface area is 421 Å². The minimum atomic E-state index is -0.784. The van der Waals surface area contributed by atoms with E-state index in [9.17, 15) is 24.4 Å². The predicted molar refractivity (Wildman–Crippen MR) is 273 cm³/mol. The van der Waals surface area contributed by atoms with Crippen molar-refractivity contribution in [1.82, 2.24) is 40.6 Å². The molecule has 8 rings (SSSR count). The molecule has 3 aliphatic heterocycles. The highest BCUT2D eigenvalue weighted by Gasteiger charge is 2.64. The topological polar surface area (TPSA) is 176 Å². The second-order valence-corrected chi connectivity index (χ2v) is 23.0. The lowest BCUT2D eigenvalue weighted by atomic mass is 9.49. The molecule has 3 N–H and O–H groups in total. The summed E-state index contributed by atoms with van der Waals surface area (Å²) < 4.78 is 6.39. The number of nitrogens with zero attached hydrogens (tertiary/aromatic N) is 7. The number of aromatic nitrogens is 2. The van der Waals surface area contributed by atoms with Gasteiger partial charge < -0.3 is 30.5 Å². The molecular formula is C53H67ClN10O5S. The van der Waals surface area contributed by atoms with Crippen LogP contribution < -0.4 is 25.6 Å². The molecule has 4 aromatic rings. The highest BCUT2D eigenvalue weighted by molar-refractivity contribution is 7.13. The molecule has 0 radical (unpaired) electrons. The van der Waals surface area contributed by atoms with Gasteiger partial charge in [0.1, 0.15) is 35.8 Å². The van der Waals surface area contributed by atoms with Gasteiger partial charge in [0.25, 0.3) is 5.91 Å². The van der Waals surface area contributed by atoms with Gasteiger partial charge in [0.2, 0.25) is 17.7 Å². The molecule has 4 amide bonds. The van der Waals surface area contributed by atoms with E-state index in [1.165, 1.54) is 0 Å². The van der Waals surface area contributed by atoms with E-state index >= 15 is 0 Å². The number of hydrogen-bond acceptors (Lipinski definition) is 12. The first-order valence-electron chi connectivity index (χ1n) is 24.4. The highest BCUT2D eigenvalue weighted by atomic mass is 35.5. The lowest BCUT2D eigenvalue weighted by molar-refractivity contribution is -0.164. The average molecular weight is 992 g/mol. The summed E-state index contributed by atoms with van der Waals surface area (Å²) in [5.74, 6) is 0.608. The zero-order valence-corrected chi connectivity index (χ0v) is 43.4. The van der Waals surface area contributed by atoms with Crippen LogP contribution in [0, 0.1) is 34.5 Å². The third-order valence-electron chi connectivity index (χ3n) is 14.9. The average Bonchev–Trinajstić information content (AvgIpc) is 3.99. The van der Waals surface area contributed by atoms with Crippen molar-refractivity contribution in [2.75, 3.05) is 57.3 Å². The fourth-order valence-corrected chi connectivity index (χ4v) is 12.2. The number of nitrogens with one attached hydrogen (secondary N) is 3. The van der Waals surface area contributed by atoms with E-state index in [0.29, 0.717) is 47.3 Å². The second-order valence-electron chi connectivity index (χ2n) is 21.8. The fourth-order valence-electron chi connectivity index (χ4n) is 11.2. The van der Waals surface area contributed by atoms with Crippen LogP contribution in [0.25, 0.3) is 10.4 Å². The van der Waals surface area contributed by atoms with Crippen molar-refractivity contribution in [2.45, 2.75) is 111 Å². The van der Waals surface area contributed by atoms with Crippen molar-refractivity contribution < 1.29 is 23.9 Å². The number of nitriles is 1. The van der Waals surface area contributed by atoms with Gasteiger partial charge in [-0.3, -0.25) is 29.0 Å². The zero-order valence-electron chi connectivity index (χ0n) is 41.8. The minimum Gasteiger partial charge on any atom is -0.489 e. The number of anilines is 1. The number of halogens is 1. The molecule has 15 nitrogen and oxygen atoms in total. The molecule has 5 heterocycles. The van der Waals surface area contributed by atoms with E-state index in [0.717, 1.165) is 66.8 Å². The first-order chi connectivity index (χ1) is 33.1. The van der Waals surface area contributed by atoms with Gasteiger partial charge in [-0.25, -0.2) is 9.97 Å². The first kappa shape index (κ1) is 50.8. The standard InChI is InChI=1S/C53H67ClN10O5S/c1-32(34-12-14-35(15-13-34)44-33(2)57-31-70-44)58-47(67)41-11-10-20-64(41)48(68)45(51(3,4)5)59-43(65)30-61-28-38(29-61)62-21-23-63(24-22-62)42-19-17-37(27-56-42)46(66)60-49-52(6,7)50(53(49,8)9)69-39-18-16-36(26-55)40(54)25-39/h12-19,25,27,31-32,38,41,45,49-50H,10-11,20-24,28-30H2,1-9H3,(H,58,67)(H,59,65)(H,60,66)/t32-,41-,45+,49-,50-/m0/s1. The number of likely N-dealkylation sites (tertiary alicyclic amines) is 2. The smallest absolute Gasteiger partial charge is 0.253 e. The number of pyridine rings is 1. The van der Waals surface area contributed by atoms with E-state index in [1.807, 2.05) is 64.4 Å². The van der Waals surface area contributed by atoms with E-state index in [-0.39, 0.29) is 59.2 Å². The Hall–Kier alpha value is -5.60. The molecule has 3 saturated heterocycles. The molecule has 0 bridgehead atoms. The number of carbonyl (C=O) groups excluding carboxylic acids is 4. The Kier molecular flexibility index (Phi) is 14.7. The maximum atomic E-state index is 14.2.